The fourth-order valence-electron chi connectivity index (χ4n) is 3.44. The second kappa shape index (κ2) is 7.98. The largest absolute Gasteiger partial charge is 0.347 e. The molecule has 4 rings (SSSR count). The highest BCUT2D eigenvalue weighted by atomic mass is 35.5. The summed E-state index contributed by atoms with van der Waals surface area (Å²) in [5.74, 6) is 0.326. The Labute approximate surface area is 169 Å². The molecule has 0 fully saturated rings. The predicted octanol–water partition coefficient (Wildman–Crippen LogP) is 4.45. The van der Waals surface area contributed by atoms with E-state index in [4.69, 9.17) is 11.6 Å². The van der Waals surface area contributed by atoms with Gasteiger partial charge in [-0.25, -0.2) is 9.97 Å². The molecule has 0 bridgehead atoms. The van der Waals surface area contributed by atoms with Crippen LogP contribution in [0.3, 0.4) is 0 Å². The normalized spacial score (nSPS) is 13.1. The van der Waals surface area contributed by atoms with E-state index in [0.717, 1.165) is 36.3 Å². The number of rotatable bonds is 4. The lowest BCUT2D eigenvalue weighted by atomic mass is 10.0. The van der Waals surface area contributed by atoms with Crippen molar-refractivity contribution in [1.29, 1.82) is 0 Å². The number of anilines is 2. The van der Waals surface area contributed by atoms with Crippen molar-refractivity contribution < 1.29 is 4.79 Å². The van der Waals surface area contributed by atoms with Crippen molar-refractivity contribution in [3.8, 4) is 0 Å². The molecule has 2 heterocycles. The van der Waals surface area contributed by atoms with E-state index >= 15 is 0 Å². The summed E-state index contributed by atoms with van der Waals surface area (Å²) in [6.45, 7) is 3.07. The molecule has 0 spiro atoms. The summed E-state index contributed by atoms with van der Waals surface area (Å²) < 4.78 is 0. The monoisotopic (exact) mass is 392 g/mol. The lowest BCUT2D eigenvalue weighted by Gasteiger charge is -2.29. The molecule has 0 saturated heterocycles. The molecule has 142 valence electrons. The van der Waals surface area contributed by atoms with E-state index in [2.05, 4.69) is 32.3 Å². The molecule has 0 unspecified atom stereocenters. The van der Waals surface area contributed by atoms with Crippen LogP contribution in [0.2, 0.25) is 5.02 Å². The number of hydrogen-bond acceptors (Lipinski definition) is 4. The zero-order valence-corrected chi connectivity index (χ0v) is 16.4. The molecule has 6 heteroatoms. The number of aryl methyl sites for hydroxylation is 2. The van der Waals surface area contributed by atoms with Crippen LogP contribution < -0.4 is 10.2 Å². The average molecular weight is 393 g/mol. The van der Waals surface area contributed by atoms with Crippen LogP contribution in [0.15, 0.2) is 54.6 Å². The molecule has 3 aromatic rings. The number of para-hydroxylation sites is 1. The predicted molar refractivity (Wildman–Crippen MR) is 111 cm³/mol. The molecule has 5 nitrogen and oxygen atoms in total. The van der Waals surface area contributed by atoms with Crippen LogP contribution in [-0.4, -0.2) is 22.4 Å². The average Bonchev–Trinajstić information content (AvgIpc) is 2.72. The molecule has 1 aromatic heterocycles. The Bertz CT molecular complexity index is 1020. The highest BCUT2D eigenvalue weighted by Crippen LogP contribution is 2.31. The lowest BCUT2D eigenvalue weighted by molar-refractivity contribution is 0.0945. The van der Waals surface area contributed by atoms with Gasteiger partial charge in [0.15, 0.2) is 0 Å². The molecule has 1 aliphatic rings. The van der Waals surface area contributed by atoms with Crippen LogP contribution in [0.1, 0.15) is 33.7 Å². The summed E-state index contributed by atoms with van der Waals surface area (Å²) >= 11 is 6.17. The maximum Gasteiger partial charge on any atom is 0.270 e. The number of benzene rings is 2. The van der Waals surface area contributed by atoms with E-state index in [0.29, 0.717) is 23.2 Å². The van der Waals surface area contributed by atoms with Gasteiger partial charge in [0.25, 0.3) is 5.91 Å². The van der Waals surface area contributed by atoms with Gasteiger partial charge in [0.1, 0.15) is 5.69 Å². The zero-order valence-electron chi connectivity index (χ0n) is 15.7. The van der Waals surface area contributed by atoms with Crippen LogP contribution in [-0.2, 0) is 13.0 Å². The summed E-state index contributed by atoms with van der Waals surface area (Å²) in [4.78, 5) is 23.9. The number of hydrogen-bond donors (Lipinski definition) is 1. The fourth-order valence-corrected chi connectivity index (χ4v) is 3.64. The van der Waals surface area contributed by atoms with E-state index in [1.165, 1.54) is 5.56 Å². The SMILES string of the molecule is Cc1cc(C(=O)NCc2ccccc2Cl)nc(N2CCCc3ccccc32)n1. The second-order valence-corrected chi connectivity index (χ2v) is 7.26. The topological polar surface area (TPSA) is 58.1 Å². The number of amides is 1. The molecular formula is C22H21ClN4O. The quantitative estimate of drug-likeness (QED) is 0.712. The van der Waals surface area contributed by atoms with Gasteiger partial charge in [-0.3, -0.25) is 4.79 Å². The Kier molecular flexibility index (Phi) is 5.26. The number of carbonyl (C=O) groups is 1. The van der Waals surface area contributed by atoms with Crippen LogP contribution in [0.4, 0.5) is 11.6 Å². The smallest absolute Gasteiger partial charge is 0.270 e. The number of nitrogens with one attached hydrogen (secondary N) is 1. The van der Waals surface area contributed by atoms with Gasteiger partial charge in [-0.15, -0.1) is 0 Å². The van der Waals surface area contributed by atoms with Gasteiger partial charge in [-0.1, -0.05) is 48.0 Å². The molecule has 1 aliphatic heterocycles. The first kappa shape index (κ1) is 18.4. The first-order chi connectivity index (χ1) is 13.6. The van der Waals surface area contributed by atoms with Gasteiger partial charge in [-0.05, 0) is 49.1 Å². The molecule has 0 atom stereocenters. The summed E-state index contributed by atoms with van der Waals surface area (Å²) in [5, 5.41) is 3.53. The minimum Gasteiger partial charge on any atom is -0.347 e. The van der Waals surface area contributed by atoms with E-state index in [1.807, 2.05) is 43.3 Å². The van der Waals surface area contributed by atoms with Gasteiger partial charge in [0, 0.05) is 29.5 Å². The molecule has 0 radical (unpaired) electrons. The number of nitrogens with zero attached hydrogens (tertiary/aromatic N) is 3. The van der Waals surface area contributed by atoms with Crippen molar-refractivity contribution in [3.05, 3.63) is 82.1 Å². The molecule has 0 saturated carbocycles. The minimum absolute atomic E-state index is 0.239. The Morgan fingerprint density at radius 1 is 1.14 bits per heavy atom. The van der Waals surface area contributed by atoms with Gasteiger partial charge in [0.2, 0.25) is 5.95 Å². The molecule has 1 amide bonds. The van der Waals surface area contributed by atoms with Crippen LogP contribution in [0.5, 0.6) is 0 Å². The minimum atomic E-state index is -0.239. The van der Waals surface area contributed by atoms with E-state index in [9.17, 15) is 4.79 Å². The number of halogens is 1. The molecular weight excluding hydrogens is 372 g/mol. The van der Waals surface area contributed by atoms with Crippen molar-refractivity contribution in [2.45, 2.75) is 26.3 Å². The second-order valence-electron chi connectivity index (χ2n) is 6.85. The lowest BCUT2D eigenvalue weighted by Crippen LogP contribution is -2.29. The maximum atomic E-state index is 12.7. The fraction of sp³-hybridized carbons (Fsp3) is 0.227. The van der Waals surface area contributed by atoms with E-state index in [-0.39, 0.29) is 5.91 Å². The summed E-state index contributed by atoms with van der Waals surface area (Å²) in [6.07, 6.45) is 2.08. The van der Waals surface area contributed by atoms with Gasteiger partial charge in [0.05, 0.1) is 0 Å². The van der Waals surface area contributed by atoms with Gasteiger partial charge in [-0.2, -0.15) is 0 Å². The van der Waals surface area contributed by atoms with Crippen molar-refractivity contribution in [2.75, 3.05) is 11.4 Å². The van der Waals surface area contributed by atoms with Gasteiger partial charge < -0.3 is 10.2 Å². The highest BCUT2D eigenvalue weighted by Gasteiger charge is 2.21. The summed E-state index contributed by atoms with van der Waals surface area (Å²) in [7, 11) is 0. The number of carbonyl (C=O) groups excluding carboxylic acids is 1. The zero-order chi connectivity index (χ0) is 19.5. The van der Waals surface area contributed by atoms with Crippen molar-refractivity contribution in [1.82, 2.24) is 15.3 Å². The standard InChI is InChI=1S/C22H21ClN4O/c1-15-13-19(21(28)24-14-17-8-2-4-10-18(17)23)26-22(25-15)27-12-6-9-16-7-3-5-11-20(16)27/h2-5,7-8,10-11,13H,6,9,12,14H2,1H3,(H,24,28). The Balaban J connectivity index is 1.58. The van der Waals surface area contributed by atoms with Crippen molar-refractivity contribution >= 4 is 29.1 Å². The first-order valence-corrected chi connectivity index (χ1v) is 9.72. The maximum absolute atomic E-state index is 12.7. The third-order valence-electron chi connectivity index (χ3n) is 4.82. The highest BCUT2D eigenvalue weighted by molar-refractivity contribution is 6.31. The first-order valence-electron chi connectivity index (χ1n) is 9.34. The van der Waals surface area contributed by atoms with Crippen LogP contribution in [0, 0.1) is 6.92 Å². The molecule has 28 heavy (non-hydrogen) atoms. The Morgan fingerprint density at radius 2 is 1.93 bits per heavy atom. The van der Waals surface area contributed by atoms with Crippen LogP contribution in [0.25, 0.3) is 0 Å². The third kappa shape index (κ3) is 3.85. The summed E-state index contributed by atoms with van der Waals surface area (Å²) in [5.41, 5.74) is 4.38. The third-order valence-corrected chi connectivity index (χ3v) is 5.19. The molecule has 0 aliphatic carbocycles. The van der Waals surface area contributed by atoms with E-state index < -0.39 is 0 Å². The van der Waals surface area contributed by atoms with Gasteiger partial charge >= 0.3 is 0 Å². The Hall–Kier alpha value is -2.92. The molecule has 2 aromatic carbocycles. The summed E-state index contributed by atoms with van der Waals surface area (Å²) in [6, 6.07) is 17.5. The van der Waals surface area contributed by atoms with Crippen molar-refractivity contribution in [2.24, 2.45) is 0 Å². The number of aromatic nitrogens is 2. The molecule has 1 N–H and O–H groups in total. The van der Waals surface area contributed by atoms with Crippen LogP contribution >= 0.6 is 11.6 Å². The Morgan fingerprint density at radius 3 is 2.79 bits per heavy atom. The van der Waals surface area contributed by atoms with Crippen molar-refractivity contribution in [3.63, 3.8) is 0 Å². The number of fused-ring (bicyclic) bond motifs is 1. The van der Waals surface area contributed by atoms with E-state index in [1.54, 1.807) is 6.07 Å².